The molecule has 1 aliphatic rings. The molecule has 14 aromatic rings. The number of aromatic nitrogens is 4. The predicted octanol–water partition coefficient (Wildman–Crippen LogP) is 19.8. The van der Waals surface area contributed by atoms with Crippen molar-refractivity contribution in [2.24, 2.45) is 0 Å². The van der Waals surface area contributed by atoms with Crippen LogP contribution >= 0.6 is 0 Å². The summed E-state index contributed by atoms with van der Waals surface area (Å²) in [4.78, 5) is 4.89. The molecule has 6 heteroatoms. The second-order valence-electron chi connectivity index (χ2n) is 23.2. The van der Waals surface area contributed by atoms with Crippen molar-refractivity contribution in [3.63, 3.8) is 0 Å². The van der Waals surface area contributed by atoms with Crippen molar-refractivity contribution in [1.29, 1.82) is 0 Å². The lowest BCUT2D eigenvalue weighted by atomic mass is 9.83. The summed E-state index contributed by atoms with van der Waals surface area (Å²) >= 11 is 0. The Bertz CT molecular complexity index is 5650. The minimum Gasteiger partial charge on any atom is -0.458 e. The van der Waals surface area contributed by atoms with Crippen molar-refractivity contribution in [2.45, 2.75) is 66.1 Å². The third-order valence-electron chi connectivity index (χ3n) is 16.0. The number of nitrogens with zero attached hydrogens (tertiary/aromatic N) is 4. The van der Waals surface area contributed by atoms with E-state index in [2.05, 4.69) is 49.9 Å². The van der Waals surface area contributed by atoms with E-state index in [1.54, 1.807) is 16.7 Å². The standard InChI is InChI=1S/C76H60N4O2/c1-46-19-17-20-47(2)72(46)49-38-62(48-31-34-70-63(37-48)61-28-14-16-30-69(61)82-70)73-64(39-49)57-25-11-9-23-55(57)56-24-10-12-26-58(56)65-40-51(76(6,7)8)41-68-74(65)79(73)45-78(68)52-21-18-22-53(43-52)81-54-32-33-60-59-27-13-15-29-66(59)80(67(60)44-54)71-42-50(35-36-77-71)75(3,4)5/h9-44H,1-8H3/i1D3,2D3,9D,10D,11D,12D,23D,24D,25D,26D. The monoisotopic (exact) mass is 1070 g/mol. The fourth-order valence-electron chi connectivity index (χ4n) is 11.9. The third kappa shape index (κ3) is 7.91. The quantitative estimate of drug-likeness (QED) is 0.123. The predicted molar refractivity (Wildman–Crippen MR) is 337 cm³/mol. The lowest BCUT2D eigenvalue weighted by Gasteiger charge is -2.23. The lowest BCUT2D eigenvalue weighted by molar-refractivity contribution is -0.570. The number of hydrogen-bond donors (Lipinski definition) is 0. The Balaban J connectivity index is 1.08. The van der Waals surface area contributed by atoms with E-state index < -0.39 is 67.5 Å². The molecule has 0 fully saturated rings. The van der Waals surface area contributed by atoms with E-state index in [4.69, 9.17) is 22.4 Å². The van der Waals surface area contributed by atoms with Gasteiger partial charge in [-0.2, -0.15) is 0 Å². The zero-order valence-corrected chi connectivity index (χ0v) is 45.8. The number of para-hydroxylation sites is 2. The van der Waals surface area contributed by atoms with Gasteiger partial charge in [-0.15, -0.1) is 0 Å². The Morgan fingerprint density at radius 3 is 1.93 bits per heavy atom. The second kappa shape index (κ2) is 18.4. The van der Waals surface area contributed by atoms with Crippen LogP contribution in [0.5, 0.6) is 11.5 Å². The number of rotatable bonds is 6. The van der Waals surface area contributed by atoms with Crippen LogP contribution in [0.15, 0.2) is 223 Å². The van der Waals surface area contributed by atoms with Crippen molar-refractivity contribution >= 4 is 54.8 Å². The fraction of sp³-hybridized carbons (Fsp3) is 0.132. The molecule has 0 radical (unpaired) electrons. The highest BCUT2D eigenvalue weighted by atomic mass is 16.5. The molecule has 0 unspecified atom stereocenters. The van der Waals surface area contributed by atoms with Gasteiger partial charge in [-0.25, -0.2) is 4.98 Å². The third-order valence-corrected chi connectivity index (χ3v) is 16.0. The van der Waals surface area contributed by atoms with Crippen LogP contribution < -0.4 is 9.30 Å². The molecule has 4 aromatic heterocycles. The number of imidazole rings is 1. The maximum absolute atomic E-state index is 10.2. The minimum absolute atomic E-state index is 0.0233. The topological polar surface area (TPSA) is 49.0 Å². The fourth-order valence-corrected chi connectivity index (χ4v) is 11.9. The van der Waals surface area contributed by atoms with Crippen LogP contribution in [-0.4, -0.2) is 14.1 Å². The lowest BCUT2D eigenvalue weighted by Crippen LogP contribution is -2.32. The van der Waals surface area contributed by atoms with E-state index in [0.29, 0.717) is 55.9 Å². The van der Waals surface area contributed by atoms with Crippen LogP contribution in [0.25, 0.3) is 128 Å². The average molecular weight is 1080 g/mol. The number of hydrogen-bond acceptors (Lipinski definition) is 3. The maximum Gasteiger partial charge on any atom is 0.269 e. The number of aryl methyl sites for hydroxylation is 2. The molecule has 1 aliphatic heterocycles. The van der Waals surface area contributed by atoms with Crippen molar-refractivity contribution in [3.8, 4) is 84.3 Å². The van der Waals surface area contributed by atoms with Gasteiger partial charge in [0.2, 0.25) is 0 Å². The van der Waals surface area contributed by atoms with Crippen LogP contribution in [0, 0.1) is 20.0 Å². The average Bonchev–Trinajstić information content (AvgIpc) is 1.45. The summed E-state index contributed by atoms with van der Waals surface area (Å²) in [6.45, 7) is 6.78. The van der Waals surface area contributed by atoms with E-state index in [-0.39, 0.29) is 66.7 Å². The summed E-state index contributed by atoms with van der Waals surface area (Å²) in [6.07, 6.45) is 5.56. The summed E-state index contributed by atoms with van der Waals surface area (Å²) in [6, 6.07) is 45.1. The number of furan rings is 1. The molecule has 5 heterocycles. The Kier molecular flexibility index (Phi) is 8.18. The van der Waals surface area contributed by atoms with E-state index in [9.17, 15) is 11.0 Å². The highest BCUT2D eigenvalue weighted by molar-refractivity contribution is 6.10. The molecule has 15 rings (SSSR count). The van der Waals surface area contributed by atoms with Crippen LogP contribution in [-0.2, 0) is 10.8 Å². The van der Waals surface area contributed by atoms with E-state index in [0.717, 1.165) is 44.1 Å². The van der Waals surface area contributed by atoms with Crippen LogP contribution in [0.4, 0.5) is 0 Å². The number of benzene rings is 10. The zero-order chi connectivity index (χ0) is 67.7. The molecule has 396 valence electrons. The molecular formula is C76H60N4O2. The molecule has 0 N–H and O–H groups in total. The Morgan fingerprint density at radius 2 is 1.17 bits per heavy atom. The van der Waals surface area contributed by atoms with Gasteiger partial charge in [0.15, 0.2) is 0 Å². The Labute approximate surface area is 497 Å². The van der Waals surface area contributed by atoms with Gasteiger partial charge in [0.1, 0.15) is 28.5 Å². The molecule has 6 nitrogen and oxygen atoms in total. The number of pyridine rings is 1. The van der Waals surface area contributed by atoms with Gasteiger partial charge in [-0.3, -0.25) is 13.7 Å². The first kappa shape index (κ1) is 36.5. The zero-order valence-electron chi connectivity index (χ0n) is 59.8. The molecule has 0 saturated carbocycles. The van der Waals surface area contributed by atoms with Gasteiger partial charge in [-0.05, 0) is 187 Å². The van der Waals surface area contributed by atoms with Gasteiger partial charge in [0.05, 0.1) is 44.4 Å². The molecule has 0 bridgehead atoms. The SMILES string of the molecule is [2H]c1c([2H])c([2H])c2c(c1[2H])-c1cc(-c3c(C([2H])([2H])[2H])cccc3C([2H])([2H])[2H])cc(-c3ccc4oc5ccccc5c4c3)c1-[n+]1[c-]n(-c3cccc(Oc4ccc5c6ccccc6n(-c6cc(C(C)(C)C)ccn6)c5c4)c3)c3cc(C(C)(C)C)cc(c31)-c1c([2H])c([2H])c([2H])c([2H])c1-2. The highest BCUT2D eigenvalue weighted by Crippen LogP contribution is 2.49. The van der Waals surface area contributed by atoms with Gasteiger partial charge in [0, 0.05) is 42.0 Å². The molecule has 0 spiro atoms. The van der Waals surface area contributed by atoms with Crippen molar-refractivity contribution in [1.82, 2.24) is 14.1 Å². The van der Waals surface area contributed by atoms with Crippen molar-refractivity contribution in [2.75, 3.05) is 0 Å². The summed E-state index contributed by atoms with van der Waals surface area (Å²) in [5, 5.41) is 3.49. The van der Waals surface area contributed by atoms with Crippen LogP contribution in [0.2, 0.25) is 0 Å². The van der Waals surface area contributed by atoms with Gasteiger partial charge < -0.3 is 9.15 Å². The molecule has 82 heavy (non-hydrogen) atoms. The number of fused-ring (bicyclic) bond motifs is 13. The van der Waals surface area contributed by atoms with Gasteiger partial charge >= 0.3 is 0 Å². The number of ether oxygens (including phenoxy) is 1. The minimum atomic E-state index is -2.90. The van der Waals surface area contributed by atoms with Gasteiger partial charge in [0.25, 0.3) is 6.33 Å². The first-order valence-corrected chi connectivity index (χ1v) is 27.3. The van der Waals surface area contributed by atoms with Crippen LogP contribution in [0.3, 0.4) is 0 Å². The molecule has 0 amide bonds. The highest BCUT2D eigenvalue weighted by Gasteiger charge is 2.30. The molecule has 0 atom stereocenters. The molecule has 0 saturated heterocycles. The maximum atomic E-state index is 10.2. The first-order chi connectivity index (χ1) is 45.5. The Morgan fingerprint density at radius 1 is 0.512 bits per heavy atom. The van der Waals surface area contributed by atoms with E-state index in [1.807, 2.05) is 141 Å². The van der Waals surface area contributed by atoms with Gasteiger partial charge in [-0.1, -0.05) is 163 Å². The normalized spacial score (nSPS) is 15.1. The van der Waals surface area contributed by atoms with Crippen molar-refractivity contribution < 1.29 is 32.9 Å². The molecular weight excluding hydrogens is 1000 g/mol. The van der Waals surface area contributed by atoms with Crippen LogP contribution in [0.1, 0.15) is 83.0 Å². The molecule has 0 aliphatic carbocycles. The second-order valence-corrected chi connectivity index (χ2v) is 23.2. The van der Waals surface area contributed by atoms with E-state index >= 15 is 0 Å². The van der Waals surface area contributed by atoms with E-state index in [1.165, 1.54) is 24.3 Å². The summed E-state index contributed by atoms with van der Waals surface area (Å²) < 4.78 is 150. The smallest absolute Gasteiger partial charge is 0.269 e. The Hall–Kier alpha value is -9.78. The largest absolute Gasteiger partial charge is 0.458 e. The van der Waals surface area contributed by atoms with Crippen molar-refractivity contribution in [3.05, 3.63) is 247 Å². The summed E-state index contributed by atoms with van der Waals surface area (Å²) in [5.74, 6) is 1.72. The first-order valence-electron chi connectivity index (χ1n) is 34.3. The molecule has 10 aromatic carbocycles. The summed E-state index contributed by atoms with van der Waals surface area (Å²) in [5.41, 5.74) is 5.22. The summed E-state index contributed by atoms with van der Waals surface area (Å²) in [7, 11) is 0.